The fraction of sp³-hybridized carbons (Fsp3) is 0.194. The third-order valence-electron chi connectivity index (χ3n) is 7.01. The first-order valence-corrected chi connectivity index (χ1v) is 15.6. The largest absolute Gasteiger partial charge is 0.469 e. The predicted octanol–water partition coefficient (Wildman–Crippen LogP) is 5.07. The summed E-state index contributed by atoms with van der Waals surface area (Å²) in [4.78, 5) is 28.2. The normalized spacial score (nSPS) is 17.9. The van der Waals surface area contributed by atoms with Gasteiger partial charge in [-0.05, 0) is 28.9 Å². The number of β-lactam (4-membered cyclic amide) rings is 1. The van der Waals surface area contributed by atoms with E-state index in [0.29, 0.717) is 21.6 Å². The van der Waals surface area contributed by atoms with Crippen molar-refractivity contribution in [1.82, 2.24) is 20.4 Å². The SMILES string of the molecule is CNc1nnc(C2=C(C(=S)OC(c3ccccc3)c3ccccc3)N3C(=O)[C@@H](NC(=O)Cc4ccccc4)[C@H]3SC2)s1. The van der Waals surface area contributed by atoms with Crippen molar-refractivity contribution in [3.8, 4) is 0 Å². The van der Waals surface area contributed by atoms with Crippen LogP contribution in [-0.2, 0) is 20.7 Å². The van der Waals surface area contributed by atoms with E-state index in [9.17, 15) is 9.59 Å². The van der Waals surface area contributed by atoms with Gasteiger partial charge in [0.25, 0.3) is 5.91 Å². The Labute approximate surface area is 257 Å². The van der Waals surface area contributed by atoms with E-state index < -0.39 is 12.1 Å². The summed E-state index contributed by atoms with van der Waals surface area (Å²) in [5.74, 6) is 0.0882. The standard InChI is InChI=1S/C31H27N5O3S3/c1-32-31-35-34-27(42-31)22-18-41-29-24(33-23(37)17-19-11-5-2-6-12-19)28(38)36(29)25(22)30(40)39-26(20-13-7-3-8-14-20)21-15-9-4-10-16-21/h2-16,24,26,29H,17-18H2,1H3,(H,32,35)(H,33,37)/t24-,29-/m1/s1. The number of ether oxygens (including phenoxy) is 1. The molecule has 0 spiro atoms. The molecule has 11 heteroatoms. The van der Waals surface area contributed by atoms with Crippen LogP contribution < -0.4 is 10.6 Å². The van der Waals surface area contributed by atoms with Crippen molar-refractivity contribution in [1.29, 1.82) is 0 Å². The number of hydrogen-bond acceptors (Lipinski definition) is 9. The topological polar surface area (TPSA) is 96.5 Å². The molecule has 2 amide bonds. The van der Waals surface area contributed by atoms with Crippen LogP contribution in [0.2, 0.25) is 0 Å². The fourth-order valence-electron chi connectivity index (χ4n) is 4.97. The highest BCUT2D eigenvalue weighted by atomic mass is 32.2. The van der Waals surface area contributed by atoms with Gasteiger partial charge in [0.2, 0.25) is 16.1 Å². The molecule has 2 aliphatic rings. The number of nitrogens with one attached hydrogen (secondary N) is 2. The van der Waals surface area contributed by atoms with Crippen LogP contribution in [-0.4, -0.2) is 56.2 Å². The summed E-state index contributed by atoms with van der Waals surface area (Å²) < 4.78 is 6.57. The van der Waals surface area contributed by atoms with Crippen molar-refractivity contribution in [2.24, 2.45) is 0 Å². The molecular weight excluding hydrogens is 587 g/mol. The number of hydrogen-bond donors (Lipinski definition) is 2. The number of carbonyl (C=O) groups is 2. The van der Waals surface area contributed by atoms with Crippen LogP contribution in [0.25, 0.3) is 5.57 Å². The minimum atomic E-state index is -0.660. The molecule has 1 fully saturated rings. The summed E-state index contributed by atoms with van der Waals surface area (Å²) in [6.45, 7) is 0. The van der Waals surface area contributed by atoms with Gasteiger partial charge in [-0.3, -0.25) is 14.5 Å². The minimum Gasteiger partial charge on any atom is -0.469 e. The van der Waals surface area contributed by atoms with E-state index in [1.165, 1.54) is 11.3 Å². The highest BCUT2D eigenvalue weighted by Gasteiger charge is 2.54. The molecule has 4 aromatic rings. The second-order valence-electron chi connectivity index (χ2n) is 9.71. The number of carbonyl (C=O) groups excluding carboxylic acids is 2. The molecule has 0 aliphatic carbocycles. The lowest BCUT2D eigenvalue weighted by Crippen LogP contribution is -2.70. The summed E-state index contributed by atoms with van der Waals surface area (Å²) in [6.07, 6.45) is -0.285. The second-order valence-corrected chi connectivity index (χ2v) is 12.2. The van der Waals surface area contributed by atoms with Crippen molar-refractivity contribution in [2.75, 3.05) is 18.1 Å². The van der Waals surface area contributed by atoms with Crippen LogP contribution in [0.1, 0.15) is 27.8 Å². The van der Waals surface area contributed by atoms with Crippen molar-refractivity contribution < 1.29 is 14.3 Å². The molecule has 2 atom stereocenters. The molecule has 42 heavy (non-hydrogen) atoms. The van der Waals surface area contributed by atoms with Gasteiger partial charge in [0.15, 0.2) is 0 Å². The monoisotopic (exact) mass is 613 g/mol. The van der Waals surface area contributed by atoms with E-state index in [-0.39, 0.29) is 28.7 Å². The molecule has 3 aromatic carbocycles. The fourth-order valence-corrected chi connectivity index (χ4v) is 7.47. The van der Waals surface area contributed by atoms with Gasteiger partial charge in [-0.1, -0.05) is 102 Å². The molecule has 0 radical (unpaired) electrons. The first-order valence-electron chi connectivity index (χ1n) is 13.4. The lowest BCUT2D eigenvalue weighted by molar-refractivity contribution is -0.145. The summed E-state index contributed by atoms with van der Waals surface area (Å²) in [5, 5.41) is 15.7. The number of amides is 2. The highest BCUT2D eigenvalue weighted by Crippen LogP contribution is 2.45. The van der Waals surface area contributed by atoms with Crippen LogP contribution in [0.4, 0.5) is 5.13 Å². The highest BCUT2D eigenvalue weighted by molar-refractivity contribution is 8.00. The van der Waals surface area contributed by atoms with E-state index in [1.54, 1.807) is 23.7 Å². The molecule has 8 nitrogen and oxygen atoms in total. The number of rotatable bonds is 9. The van der Waals surface area contributed by atoms with Crippen LogP contribution in [0.5, 0.6) is 0 Å². The van der Waals surface area contributed by atoms with E-state index >= 15 is 0 Å². The van der Waals surface area contributed by atoms with Crippen molar-refractivity contribution >= 4 is 62.9 Å². The maximum absolute atomic E-state index is 13.7. The summed E-state index contributed by atoms with van der Waals surface area (Å²) in [7, 11) is 1.78. The Morgan fingerprint density at radius 1 is 1.00 bits per heavy atom. The zero-order valence-electron chi connectivity index (χ0n) is 22.6. The number of anilines is 1. The van der Waals surface area contributed by atoms with Crippen molar-refractivity contribution in [3.05, 3.63) is 118 Å². The number of thiocarbonyl (C=S) groups is 1. The van der Waals surface area contributed by atoms with Gasteiger partial charge in [0, 0.05) is 18.4 Å². The summed E-state index contributed by atoms with van der Waals surface area (Å²) in [5.41, 5.74) is 4.04. The van der Waals surface area contributed by atoms with Crippen LogP contribution in [0.15, 0.2) is 96.7 Å². The number of nitrogens with zero attached hydrogens (tertiary/aromatic N) is 3. The molecule has 2 N–H and O–H groups in total. The van der Waals surface area contributed by atoms with Gasteiger partial charge in [0.1, 0.15) is 28.2 Å². The molecule has 1 saturated heterocycles. The van der Waals surface area contributed by atoms with Crippen LogP contribution >= 0.6 is 35.3 Å². The predicted molar refractivity (Wildman–Crippen MR) is 170 cm³/mol. The Morgan fingerprint density at radius 3 is 2.21 bits per heavy atom. The molecule has 6 rings (SSSR count). The Kier molecular flexibility index (Phi) is 8.31. The molecule has 3 heterocycles. The van der Waals surface area contributed by atoms with E-state index in [1.807, 2.05) is 91.0 Å². The number of thioether (sulfide) groups is 1. The lowest BCUT2D eigenvalue weighted by atomic mass is 10.0. The minimum absolute atomic E-state index is 0.191. The quantitative estimate of drug-likeness (QED) is 0.200. The Morgan fingerprint density at radius 2 is 1.62 bits per heavy atom. The third kappa shape index (κ3) is 5.67. The zero-order chi connectivity index (χ0) is 29.1. The van der Waals surface area contributed by atoms with Crippen molar-refractivity contribution in [2.45, 2.75) is 23.9 Å². The maximum atomic E-state index is 13.7. The van der Waals surface area contributed by atoms with E-state index in [2.05, 4.69) is 20.8 Å². The van der Waals surface area contributed by atoms with Gasteiger partial charge >= 0.3 is 0 Å². The first-order chi connectivity index (χ1) is 20.5. The van der Waals surface area contributed by atoms with Crippen molar-refractivity contribution in [3.63, 3.8) is 0 Å². The smallest absolute Gasteiger partial charge is 0.253 e. The molecule has 0 unspecified atom stereocenters. The van der Waals surface area contributed by atoms with Crippen LogP contribution in [0, 0.1) is 0 Å². The number of aromatic nitrogens is 2. The van der Waals surface area contributed by atoms with Gasteiger partial charge in [-0.15, -0.1) is 22.0 Å². The Bertz CT molecular complexity index is 1590. The van der Waals surface area contributed by atoms with E-state index in [4.69, 9.17) is 17.0 Å². The Hall–Kier alpha value is -4.06. The number of benzene rings is 3. The molecule has 0 bridgehead atoms. The van der Waals surface area contributed by atoms with Gasteiger partial charge < -0.3 is 15.4 Å². The average molecular weight is 614 g/mol. The lowest BCUT2D eigenvalue weighted by Gasteiger charge is -2.50. The molecule has 0 saturated carbocycles. The maximum Gasteiger partial charge on any atom is 0.253 e. The zero-order valence-corrected chi connectivity index (χ0v) is 25.0. The van der Waals surface area contributed by atoms with Gasteiger partial charge in [0.05, 0.1) is 6.42 Å². The molecule has 2 aliphatic heterocycles. The summed E-state index contributed by atoms with van der Waals surface area (Å²) >= 11 is 8.91. The molecule has 1 aromatic heterocycles. The van der Waals surface area contributed by atoms with Gasteiger partial charge in [-0.25, -0.2) is 0 Å². The first kappa shape index (κ1) is 28.1. The number of fused-ring (bicyclic) bond motifs is 1. The average Bonchev–Trinajstić information content (AvgIpc) is 3.52. The van der Waals surface area contributed by atoms with E-state index in [0.717, 1.165) is 22.3 Å². The third-order valence-corrected chi connectivity index (χ3v) is 9.58. The molecule has 212 valence electrons. The second kappa shape index (κ2) is 12.4. The molecular formula is C31H27N5O3S3. The summed E-state index contributed by atoms with van der Waals surface area (Å²) in [6, 6.07) is 28.5. The van der Waals surface area contributed by atoms with Crippen LogP contribution in [0.3, 0.4) is 0 Å². The Balaban J connectivity index is 1.31. The van der Waals surface area contributed by atoms with Gasteiger partial charge in [-0.2, -0.15) is 0 Å².